The summed E-state index contributed by atoms with van der Waals surface area (Å²) >= 11 is 5.64. The molecule has 2 amide bonds. The van der Waals surface area contributed by atoms with E-state index >= 15 is 0 Å². The number of hydrazine groups is 1. The van der Waals surface area contributed by atoms with Crippen molar-refractivity contribution in [2.45, 2.75) is 36.4 Å². The summed E-state index contributed by atoms with van der Waals surface area (Å²) < 4.78 is 18.8. The Kier molecular flexibility index (Phi) is 4.60. The van der Waals surface area contributed by atoms with Crippen molar-refractivity contribution in [1.82, 2.24) is 15.6 Å². The zero-order valence-corrected chi connectivity index (χ0v) is 17.6. The Morgan fingerprint density at radius 1 is 1.19 bits per heavy atom. The molecule has 3 aliphatic carbocycles. The molecule has 9 heteroatoms. The maximum Gasteiger partial charge on any atom is 0.258 e. The molecular weight excluding hydrogens is 423 g/mol. The number of hydrogen-bond donors (Lipinski definition) is 3. The number of carbonyl (C=O) groups excluding carboxylic acids is 2. The number of para-hydroxylation sites is 1. The van der Waals surface area contributed by atoms with Gasteiger partial charge in [0.05, 0.1) is 10.7 Å². The van der Waals surface area contributed by atoms with Gasteiger partial charge in [0, 0.05) is 29.8 Å². The minimum atomic E-state index is -0.595. The van der Waals surface area contributed by atoms with Crippen LogP contribution in [-0.4, -0.2) is 41.6 Å². The molecule has 3 N–H and O–H groups in total. The highest BCUT2D eigenvalue weighted by Crippen LogP contribution is 2.60. The monoisotopic (exact) mass is 444 g/mol. The summed E-state index contributed by atoms with van der Waals surface area (Å²) in [7, 11) is 1.85. The molecule has 2 aromatic carbocycles. The quantitative estimate of drug-likeness (QED) is 0.638. The third-order valence-corrected chi connectivity index (χ3v) is 6.58. The second-order valence-corrected chi connectivity index (χ2v) is 9.11. The first-order valence-electron chi connectivity index (χ1n) is 10.1. The third kappa shape index (κ3) is 3.49. The molecule has 3 fully saturated rings. The van der Waals surface area contributed by atoms with Gasteiger partial charge in [-0.05, 0) is 37.5 Å². The average Bonchev–Trinajstić information content (AvgIpc) is 3.02. The van der Waals surface area contributed by atoms with E-state index in [1.54, 1.807) is 5.01 Å². The highest BCUT2D eigenvalue weighted by Gasteiger charge is 2.69. The highest BCUT2D eigenvalue weighted by molar-refractivity contribution is 6.30. The Balaban J connectivity index is 1.12. The molecule has 0 radical (unpaired) electrons. The van der Waals surface area contributed by atoms with Crippen LogP contribution in [0.1, 0.15) is 30.9 Å². The number of anilines is 1. The molecule has 0 aromatic heterocycles. The number of likely N-dealkylation sites (N-methyl/N-ethyl adjacent to an activating group) is 1. The zero-order chi connectivity index (χ0) is 21.8. The fourth-order valence-electron chi connectivity index (χ4n) is 5.05. The first kappa shape index (κ1) is 20.1. The lowest BCUT2D eigenvalue weighted by Crippen LogP contribution is -2.84. The van der Waals surface area contributed by atoms with Crippen LogP contribution in [0.25, 0.3) is 0 Å². The number of fused-ring (bicyclic) bond motifs is 1. The molecule has 6 rings (SSSR count). The molecule has 1 aliphatic heterocycles. The first-order chi connectivity index (χ1) is 14.8. The molecule has 7 nitrogen and oxygen atoms in total. The summed E-state index contributed by atoms with van der Waals surface area (Å²) in [4.78, 5) is 25.2. The van der Waals surface area contributed by atoms with E-state index in [4.69, 9.17) is 16.3 Å². The minimum Gasteiger partial charge on any atom is -0.484 e. The van der Waals surface area contributed by atoms with Gasteiger partial charge in [0.15, 0.2) is 6.61 Å². The molecule has 1 unspecified atom stereocenters. The Morgan fingerprint density at radius 3 is 2.65 bits per heavy atom. The van der Waals surface area contributed by atoms with Crippen LogP contribution in [0, 0.1) is 5.82 Å². The van der Waals surface area contributed by atoms with Gasteiger partial charge in [0.2, 0.25) is 5.91 Å². The van der Waals surface area contributed by atoms with E-state index < -0.39 is 5.82 Å². The molecule has 4 aliphatic rings. The lowest BCUT2D eigenvalue weighted by molar-refractivity contribution is -0.152. The second-order valence-electron chi connectivity index (χ2n) is 8.71. The zero-order valence-electron chi connectivity index (χ0n) is 16.9. The molecule has 31 heavy (non-hydrogen) atoms. The van der Waals surface area contributed by atoms with Gasteiger partial charge in [-0.25, -0.2) is 9.40 Å². The van der Waals surface area contributed by atoms with Gasteiger partial charge in [0.1, 0.15) is 17.6 Å². The number of ether oxygens (including phenoxy) is 1. The number of rotatable bonds is 6. The van der Waals surface area contributed by atoms with Gasteiger partial charge in [-0.2, -0.15) is 0 Å². The van der Waals surface area contributed by atoms with Crippen LogP contribution in [-0.2, 0) is 9.59 Å². The largest absolute Gasteiger partial charge is 0.484 e. The molecule has 3 saturated carbocycles. The van der Waals surface area contributed by atoms with Gasteiger partial charge in [-0.1, -0.05) is 29.8 Å². The third-order valence-electron chi connectivity index (χ3n) is 6.27. The minimum absolute atomic E-state index is 0.00100. The van der Waals surface area contributed by atoms with Crippen LogP contribution in [0.4, 0.5) is 10.1 Å². The number of halogens is 2. The number of nitrogens with one attached hydrogen (secondary N) is 3. The normalized spacial score (nSPS) is 27.9. The average molecular weight is 445 g/mol. The number of nitrogens with zero attached hydrogens (tertiary/aromatic N) is 1. The van der Waals surface area contributed by atoms with E-state index in [0.29, 0.717) is 19.3 Å². The number of benzene rings is 2. The van der Waals surface area contributed by atoms with Crippen LogP contribution in [0.3, 0.4) is 0 Å². The SMILES string of the molecule is CN1Nc2ccccc2C1C(=O)NC12CC(NC(=O)COc3ccc(Cl)c(F)c3)(C1)C2. The van der Waals surface area contributed by atoms with Crippen LogP contribution in [0.2, 0.25) is 5.02 Å². The summed E-state index contributed by atoms with van der Waals surface area (Å²) in [5.74, 6) is -0.674. The smallest absolute Gasteiger partial charge is 0.258 e. The summed E-state index contributed by atoms with van der Waals surface area (Å²) in [5, 5.41) is 7.98. The van der Waals surface area contributed by atoms with Gasteiger partial charge in [-0.15, -0.1) is 0 Å². The maximum atomic E-state index is 13.5. The Hall–Kier alpha value is -2.84. The van der Waals surface area contributed by atoms with E-state index in [9.17, 15) is 14.0 Å². The highest BCUT2D eigenvalue weighted by atomic mass is 35.5. The van der Waals surface area contributed by atoms with E-state index in [1.165, 1.54) is 12.1 Å². The number of carbonyl (C=O) groups is 2. The van der Waals surface area contributed by atoms with E-state index in [0.717, 1.165) is 17.3 Å². The lowest BCUT2D eigenvalue weighted by atomic mass is 9.44. The van der Waals surface area contributed by atoms with Crippen molar-refractivity contribution < 1.29 is 18.7 Å². The van der Waals surface area contributed by atoms with Crippen molar-refractivity contribution in [2.24, 2.45) is 0 Å². The molecule has 1 heterocycles. The topological polar surface area (TPSA) is 82.7 Å². The van der Waals surface area contributed by atoms with E-state index in [1.807, 2.05) is 31.3 Å². The summed E-state index contributed by atoms with van der Waals surface area (Å²) in [6.45, 7) is -0.211. The van der Waals surface area contributed by atoms with Crippen LogP contribution in [0.15, 0.2) is 42.5 Å². The maximum absolute atomic E-state index is 13.5. The lowest BCUT2D eigenvalue weighted by Gasteiger charge is -2.70. The predicted octanol–water partition coefficient (Wildman–Crippen LogP) is 2.78. The van der Waals surface area contributed by atoms with Crippen LogP contribution >= 0.6 is 11.6 Å². The second kappa shape index (κ2) is 7.10. The Bertz CT molecular complexity index is 1060. The number of hydrogen-bond acceptors (Lipinski definition) is 5. The Labute approximate surface area is 183 Å². The van der Waals surface area contributed by atoms with Crippen molar-refractivity contribution in [1.29, 1.82) is 0 Å². The first-order valence-corrected chi connectivity index (χ1v) is 10.5. The molecule has 1 atom stereocenters. The molecule has 0 saturated heterocycles. The number of amides is 2. The summed E-state index contributed by atoms with van der Waals surface area (Å²) in [5.41, 5.74) is 4.53. The van der Waals surface area contributed by atoms with Crippen molar-refractivity contribution in [3.05, 3.63) is 58.9 Å². The standard InChI is InChI=1S/C22H22ClFN4O3/c1-28-19(14-4-2-3-5-17(14)27-28)20(30)26-22-10-21(11-22,12-22)25-18(29)9-31-13-6-7-15(23)16(24)8-13/h2-8,19,27H,9-12H2,1H3,(H,25,29)(H,26,30). The predicted molar refractivity (Wildman–Crippen MR) is 113 cm³/mol. The molecule has 162 valence electrons. The van der Waals surface area contributed by atoms with E-state index in [-0.39, 0.29) is 46.3 Å². The van der Waals surface area contributed by atoms with Crippen LogP contribution < -0.4 is 20.8 Å². The van der Waals surface area contributed by atoms with Crippen molar-refractivity contribution in [3.63, 3.8) is 0 Å². The van der Waals surface area contributed by atoms with Gasteiger partial charge in [-0.3, -0.25) is 9.59 Å². The summed E-state index contributed by atoms with van der Waals surface area (Å²) in [6, 6.07) is 11.4. The molecule has 2 aromatic rings. The van der Waals surface area contributed by atoms with E-state index in [2.05, 4.69) is 16.1 Å². The van der Waals surface area contributed by atoms with Crippen molar-refractivity contribution >= 4 is 29.1 Å². The Morgan fingerprint density at radius 2 is 1.90 bits per heavy atom. The fraction of sp³-hybridized carbons (Fsp3) is 0.364. The molecule has 0 spiro atoms. The summed E-state index contributed by atoms with van der Waals surface area (Å²) in [6.07, 6.45) is 2.08. The molecule has 2 bridgehead atoms. The fourth-order valence-corrected chi connectivity index (χ4v) is 5.17. The van der Waals surface area contributed by atoms with Gasteiger partial charge >= 0.3 is 0 Å². The van der Waals surface area contributed by atoms with Crippen LogP contribution in [0.5, 0.6) is 5.75 Å². The van der Waals surface area contributed by atoms with Gasteiger partial charge in [0.25, 0.3) is 5.91 Å². The van der Waals surface area contributed by atoms with Crippen molar-refractivity contribution in [2.75, 3.05) is 19.1 Å². The molecular formula is C22H22ClFN4O3. The van der Waals surface area contributed by atoms with Gasteiger partial charge < -0.3 is 20.8 Å². The van der Waals surface area contributed by atoms with Crippen molar-refractivity contribution in [3.8, 4) is 5.75 Å².